The highest BCUT2D eigenvalue weighted by molar-refractivity contribution is 5.95. The number of hydrogen-bond donors (Lipinski definition) is 1. The number of benzene rings is 1. The number of hydrogen-bond acceptors (Lipinski definition) is 4. The number of carbonyl (C=O) groups is 1. The van der Waals surface area contributed by atoms with Gasteiger partial charge < -0.3 is 14.5 Å². The lowest BCUT2D eigenvalue weighted by Gasteiger charge is -2.01. The summed E-state index contributed by atoms with van der Waals surface area (Å²) in [7, 11) is 1.50. The lowest BCUT2D eigenvalue weighted by molar-refractivity contribution is 0.0520. The first-order valence-corrected chi connectivity index (χ1v) is 5.47. The van der Waals surface area contributed by atoms with Crippen LogP contribution in [0.25, 0.3) is 10.9 Å². The molecule has 0 saturated carbocycles. The Bertz CT molecular complexity index is 637. The van der Waals surface area contributed by atoms with E-state index in [0.29, 0.717) is 23.6 Å². The van der Waals surface area contributed by atoms with Gasteiger partial charge in [0.2, 0.25) is 0 Å². The topological polar surface area (TPSA) is 75.1 Å². The SMILES string of the molecule is CCOC(=O)c1cc2cc(C#N)c(OC)cc2[nH]1. The molecule has 18 heavy (non-hydrogen) atoms. The zero-order valence-electron chi connectivity index (χ0n) is 10.1. The predicted molar refractivity (Wildman–Crippen MR) is 65.5 cm³/mol. The number of esters is 1. The molecule has 0 aliphatic rings. The van der Waals surface area contributed by atoms with Crippen molar-refractivity contribution in [2.45, 2.75) is 6.92 Å². The average Bonchev–Trinajstić information content (AvgIpc) is 2.80. The maximum Gasteiger partial charge on any atom is 0.354 e. The van der Waals surface area contributed by atoms with Gasteiger partial charge in [-0.1, -0.05) is 0 Å². The number of aromatic nitrogens is 1. The summed E-state index contributed by atoms with van der Waals surface area (Å²) in [5.74, 6) is 0.0634. The van der Waals surface area contributed by atoms with Gasteiger partial charge in [-0.25, -0.2) is 4.79 Å². The maximum absolute atomic E-state index is 11.6. The van der Waals surface area contributed by atoms with Crippen LogP contribution in [-0.4, -0.2) is 24.7 Å². The maximum atomic E-state index is 11.6. The number of aromatic amines is 1. The van der Waals surface area contributed by atoms with Crippen molar-refractivity contribution < 1.29 is 14.3 Å². The zero-order chi connectivity index (χ0) is 13.1. The Morgan fingerprint density at radius 1 is 1.44 bits per heavy atom. The number of nitrogens with zero attached hydrogens (tertiary/aromatic N) is 1. The van der Waals surface area contributed by atoms with E-state index in [9.17, 15) is 4.79 Å². The second-order valence-electron chi connectivity index (χ2n) is 3.66. The van der Waals surface area contributed by atoms with Gasteiger partial charge in [0, 0.05) is 17.0 Å². The molecule has 0 bridgehead atoms. The Morgan fingerprint density at radius 2 is 2.22 bits per heavy atom. The molecule has 2 rings (SSSR count). The summed E-state index contributed by atoms with van der Waals surface area (Å²) in [6, 6.07) is 7.07. The molecule has 0 saturated heterocycles. The minimum Gasteiger partial charge on any atom is -0.495 e. The molecule has 1 N–H and O–H groups in total. The molecule has 5 nitrogen and oxygen atoms in total. The van der Waals surface area contributed by atoms with Crippen LogP contribution < -0.4 is 4.74 Å². The van der Waals surface area contributed by atoms with E-state index in [0.717, 1.165) is 10.9 Å². The van der Waals surface area contributed by atoms with E-state index in [1.165, 1.54) is 7.11 Å². The Morgan fingerprint density at radius 3 is 2.83 bits per heavy atom. The molecule has 0 unspecified atom stereocenters. The molecule has 92 valence electrons. The highest BCUT2D eigenvalue weighted by atomic mass is 16.5. The Kier molecular flexibility index (Phi) is 3.20. The van der Waals surface area contributed by atoms with Crippen LogP contribution in [0.3, 0.4) is 0 Å². The van der Waals surface area contributed by atoms with Crippen LogP contribution in [0, 0.1) is 11.3 Å². The smallest absolute Gasteiger partial charge is 0.354 e. The number of methoxy groups -OCH3 is 1. The molecule has 1 aromatic carbocycles. The number of rotatable bonds is 3. The summed E-state index contributed by atoms with van der Waals surface area (Å²) >= 11 is 0. The van der Waals surface area contributed by atoms with E-state index < -0.39 is 5.97 Å². The minimum atomic E-state index is -0.411. The van der Waals surface area contributed by atoms with Gasteiger partial charge >= 0.3 is 5.97 Å². The molecular formula is C13H12N2O3. The fraction of sp³-hybridized carbons (Fsp3) is 0.231. The standard InChI is InChI=1S/C13H12N2O3/c1-3-18-13(16)11-5-8-4-9(7-14)12(17-2)6-10(8)15-11/h4-6,15H,3H2,1-2H3. The average molecular weight is 244 g/mol. The van der Waals surface area contributed by atoms with E-state index in [4.69, 9.17) is 14.7 Å². The first kappa shape index (κ1) is 12.0. The van der Waals surface area contributed by atoms with Crippen molar-refractivity contribution in [3.8, 4) is 11.8 Å². The molecule has 1 aromatic heterocycles. The summed E-state index contributed by atoms with van der Waals surface area (Å²) in [5, 5.41) is 9.75. The van der Waals surface area contributed by atoms with Crippen LogP contribution in [0.15, 0.2) is 18.2 Å². The third kappa shape index (κ3) is 2.00. The van der Waals surface area contributed by atoms with Gasteiger partial charge in [-0.2, -0.15) is 5.26 Å². The molecule has 1 heterocycles. The van der Waals surface area contributed by atoms with Crippen molar-refractivity contribution in [3.05, 3.63) is 29.5 Å². The van der Waals surface area contributed by atoms with Gasteiger partial charge in [-0.15, -0.1) is 0 Å². The highest BCUT2D eigenvalue weighted by Crippen LogP contribution is 2.25. The normalized spacial score (nSPS) is 10.1. The van der Waals surface area contributed by atoms with Gasteiger partial charge in [-0.3, -0.25) is 0 Å². The second-order valence-corrected chi connectivity index (χ2v) is 3.66. The summed E-state index contributed by atoms with van der Waals surface area (Å²) in [5.41, 5.74) is 1.53. The highest BCUT2D eigenvalue weighted by Gasteiger charge is 2.12. The molecule has 0 radical (unpaired) electrons. The number of nitrogens with one attached hydrogen (secondary N) is 1. The molecule has 0 aliphatic heterocycles. The Balaban J connectivity index is 2.52. The van der Waals surface area contributed by atoms with Crippen molar-refractivity contribution in [3.63, 3.8) is 0 Å². The van der Waals surface area contributed by atoms with Crippen LogP contribution in [0.1, 0.15) is 23.0 Å². The van der Waals surface area contributed by atoms with Gasteiger partial charge in [-0.05, 0) is 19.1 Å². The van der Waals surface area contributed by atoms with Crippen LogP contribution >= 0.6 is 0 Å². The van der Waals surface area contributed by atoms with Crippen molar-refractivity contribution in [1.82, 2.24) is 4.98 Å². The number of H-pyrrole nitrogens is 1. The van der Waals surface area contributed by atoms with Crippen molar-refractivity contribution in [2.75, 3.05) is 13.7 Å². The second kappa shape index (κ2) is 4.80. The number of ether oxygens (including phenoxy) is 2. The van der Waals surface area contributed by atoms with Crippen molar-refractivity contribution in [1.29, 1.82) is 5.26 Å². The molecule has 0 atom stereocenters. The third-order valence-corrected chi connectivity index (χ3v) is 2.56. The Labute approximate surface area is 104 Å². The van der Waals surface area contributed by atoms with E-state index in [1.807, 2.05) is 6.07 Å². The summed E-state index contributed by atoms with van der Waals surface area (Å²) in [6.45, 7) is 2.07. The molecule has 5 heteroatoms. The minimum absolute atomic E-state index is 0.320. The molecule has 0 amide bonds. The van der Waals surface area contributed by atoms with Crippen LogP contribution in [0.4, 0.5) is 0 Å². The van der Waals surface area contributed by atoms with Crippen molar-refractivity contribution >= 4 is 16.9 Å². The molecule has 0 spiro atoms. The van der Waals surface area contributed by atoms with Crippen molar-refractivity contribution in [2.24, 2.45) is 0 Å². The predicted octanol–water partition coefficient (Wildman–Crippen LogP) is 2.22. The zero-order valence-corrected chi connectivity index (χ0v) is 10.1. The molecule has 0 fully saturated rings. The van der Waals surface area contributed by atoms with E-state index >= 15 is 0 Å². The number of fused-ring (bicyclic) bond motifs is 1. The van der Waals surface area contributed by atoms with Crippen LogP contribution in [-0.2, 0) is 4.74 Å². The quantitative estimate of drug-likeness (QED) is 0.840. The van der Waals surface area contributed by atoms with Crippen LogP contribution in [0.5, 0.6) is 5.75 Å². The lowest BCUT2D eigenvalue weighted by Crippen LogP contribution is -2.04. The van der Waals surface area contributed by atoms with Gasteiger partial charge in [0.05, 0.1) is 19.3 Å². The molecule has 2 aromatic rings. The fourth-order valence-electron chi connectivity index (χ4n) is 1.74. The largest absolute Gasteiger partial charge is 0.495 e. The van der Waals surface area contributed by atoms with Gasteiger partial charge in [0.25, 0.3) is 0 Å². The first-order chi connectivity index (χ1) is 8.69. The summed E-state index contributed by atoms with van der Waals surface area (Å²) in [4.78, 5) is 14.5. The monoisotopic (exact) mass is 244 g/mol. The third-order valence-electron chi connectivity index (χ3n) is 2.56. The Hall–Kier alpha value is -2.48. The number of carbonyl (C=O) groups excluding carboxylic acids is 1. The first-order valence-electron chi connectivity index (χ1n) is 5.47. The van der Waals surface area contributed by atoms with Gasteiger partial charge in [0.1, 0.15) is 17.5 Å². The van der Waals surface area contributed by atoms with E-state index in [1.54, 1.807) is 25.1 Å². The van der Waals surface area contributed by atoms with Gasteiger partial charge in [0.15, 0.2) is 0 Å². The van der Waals surface area contributed by atoms with E-state index in [-0.39, 0.29) is 0 Å². The van der Waals surface area contributed by atoms with Crippen LogP contribution in [0.2, 0.25) is 0 Å². The summed E-state index contributed by atoms with van der Waals surface area (Å²) < 4.78 is 10.0. The lowest BCUT2D eigenvalue weighted by atomic mass is 10.1. The molecule has 0 aliphatic carbocycles. The molecular weight excluding hydrogens is 232 g/mol. The number of nitriles is 1. The summed E-state index contributed by atoms with van der Waals surface area (Å²) in [6.07, 6.45) is 0. The van der Waals surface area contributed by atoms with E-state index in [2.05, 4.69) is 4.98 Å². The fourth-order valence-corrected chi connectivity index (χ4v) is 1.74.